The zero-order chi connectivity index (χ0) is 22.2. The highest BCUT2D eigenvalue weighted by Gasteiger charge is 2.34. The van der Waals surface area contributed by atoms with Gasteiger partial charge in [0, 0.05) is 43.6 Å². The number of carboxylic acid groups (broad SMARTS) is 1. The maximum absolute atomic E-state index is 10.9. The third-order valence-electron chi connectivity index (χ3n) is 6.65. The van der Waals surface area contributed by atoms with Gasteiger partial charge < -0.3 is 20.1 Å². The summed E-state index contributed by atoms with van der Waals surface area (Å²) in [7, 11) is 0. The molecule has 166 valence electrons. The molecule has 2 aliphatic heterocycles. The standard InChI is InChI=1S/C25H33N3O3/c1-17(2)27-10-12-28(13-11-27)19-7-5-6-18(14-19)23-16-25(3,4)21-15-20(31-24(29)30)8-9-22(21)26-23/h5-9,14-15,17,23,26H,10-13,16H2,1-4H3,(H,29,30). The van der Waals surface area contributed by atoms with E-state index < -0.39 is 6.16 Å². The normalized spacial score (nSPS) is 20.8. The van der Waals surface area contributed by atoms with E-state index in [1.165, 1.54) is 11.3 Å². The molecule has 1 saturated heterocycles. The predicted molar refractivity (Wildman–Crippen MR) is 124 cm³/mol. The molecule has 0 aromatic heterocycles. The third kappa shape index (κ3) is 4.64. The summed E-state index contributed by atoms with van der Waals surface area (Å²) in [6.07, 6.45) is -0.369. The fourth-order valence-electron chi connectivity index (χ4n) is 4.87. The number of piperazine rings is 1. The van der Waals surface area contributed by atoms with Crippen LogP contribution < -0.4 is 15.0 Å². The molecular weight excluding hydrogens is 390 g/mol. The molecule has 0 amide bonds. The second kappa shape index (κ2) is 8.42. The molecule has 0 radical (unpaired) electrons. The van der Waals surface area contributed by atoms with Crippen LogP contribution in [-0.4, -0.2) is 48.4 Å². The van der Waals surface area contributed by atoms with Crippen LogP contribution in [0.1, 0.15) is 51.3 Å². The number of hydrogen-bond donors (Lipinski definition) is 2. The molecular formula is C25H33N3O3. The second-order valence-corrected chi connectivity index (χ2v) is 9.57. The monoisotopic (exact) mass is 423 g/mol. The Hall–Kier alpha value is -2.73. The average molecular weight is 424 g/mol. The topological polar surface area (TPSA) is 65.0 Å². The Labute approximate surface area is 184 Å². The van der Waals surface area contributed by atoms with Gasteiger partial charge in [-0.2, -0.15) is 0 Å². The molecule has 0 saturated carbocycles. The van der Waals surface area contributed by atoms with Crippen LogP contribution in [0.3, 0.4) is 0 Å². The van der Waals surface area contributed by atoms with Gasteiger partial charge in [0.25, 0.3) is 0 Å². The van der Waals surface area contributed by atoms with Crippen molar-refractivity contribution in [1.82, 2.24) is 4.90 Å². The molecule has 1 fully saturated rings. The van der Waals surface area contributed by atoms with Crippen LogP contribution in [-0.2, 0) is 5.41 Å². The molecule has 0 spiro atoms. The first-order valence-corrected chi connectivity index (χ1v) is 11.1. The van der Waals surface area contributed by atoms with E-state index in [0.717, 1.165) is 43.9 Å². The van der Waals surface area contributed by atoms with Gasteiger partial charge >= 0.3 is 6.16 Å². The summed E-state index contributed by atoms with van der Waals surface area (Å²) in [4.78, 5) is 15.9. The van der Waals surface area contributed by atoms with Crippen molar-refractivity contribution in [3.05, 3.63) is 53.6 Å². The molecule has 4 rings (SSSR count). The van der Waals surface area contributed by atoms with E-state index in [-0.39, 0.29) is 11.5 Å². The summed E-state index contributed by atoms with van der Waals surface area (Å²) in [5, 5.41) is 12.6. The summed E-state index contributed by atoms with van der Waals surface area (Å²) >= 11 is 0. The van der Waals surface area contributed by atoms with E-state index in [0.29, 0.717) is 11.8 Å². The van der Waals surface area contributed by atoms with Gasteiger partial charge in [-0.1, -0.05) is 26.0 Å². The number of hydrogen-bond acceptors (Lipinski definition) is 5. The van der Waals surface area contributed by atoms with Gasteiger partial charge in [0.2, 0.25) is 0 Å². The van der Waals surface area contributed by atoms with Crippen LogP contribution in [0.2, 0.25) is 0 Å². The van der Waals surface area contributed by atoms with Crippen LogP contribution in [0, 0.1) is 0 Å². The number of anilines is 2. The van der Waals surface area contributed by atoms with Crippen LogP contribution in [0.25, 0.3) is 0 Å². The van der Waals surface area contributed by atoms with Crippen molar-refractivity contribution in [2.75, 3.05) is 36.4 Å². The van der Waals surface area contributed by atoms with E-state index in [1.54, 1.807) is 6.07 Å². The summed E-state index contributed by atoms with van der Waals surface area (Å²) in [5.74, 6) is 0.363. The minimum Gasteiger partial charge on any atom is -0.449 e. The van der Waals surface area contributed by atoms with E-state index in [2.05, 4.69) is 67.1 Å². The lowest BCUT2D eigenvalue weighted by molar-refractivity contribution is 0.144. The fourth-order valence-corrected chi connectivity index (χ4v) is 4.87. The molecule has 1 unspecified atom stereocenters. The van der Waals surface area contributed by atoms with E-state index in [4.69, 9.17) is 9.84 Å². The predicted octanol–water partition coefficient (Wildman–Crippen LogP) is 5.11. The van der Waals surface area contributed by atoms with E-state index in [9.17, 15) is 4.79 Å². The molecule has 1 atom stereocenters. The molecule has 6 nitrogen and oxygen atoms in total. The molecule has 31 heavy (non-hydrogen) atoms. The van der Waals surface area contributed by atoms with Crippen molar-refractivity contribution in [1.29, 1.82) is 0 Å². The van der Waals surface area contributed by atoms with Crippen LogP contribution in [0.5, 0.6) is 5.75 Å². The molecule has 0 bridgehead atoms. The van der Waals surface area contributed by atoms with Crippen molar-refractivity contribution in [2.45, 2.75) is 51.6 Å². The highest BCUT2D eigenvalue weighted by atomic mass is 16.7. The van der Waals surface area contributed by atoms with Gasteiger partial charge in [0.1, 0.15) is 5.75 Å². The first-order valence-electron chi connectivity index (χ1n) is 11.1. The largest absolute Gasteiger partial charge is 0.511 e. The van der Waals surface area contributed by atoms with Crippen molar-refractivity contribution in [2.24, 2.45) is 0 Å². The first kappa shape index (κ1) is 21.5. The summed E-state index contributed by atoms with van der Waals surface area (Å²) < 4.78 is 4.87. The van der Waals surface area contributed by atoms with Gasteiger partial charge in [0.05, 0.1) is 6.04 Å². The summed E-state index contributed by atoms with van der Waals surface area (Å²) in [6, 6.07) is 15.2. The minimum absolute atomic E-state index is 0.109. The number of rotatable bonds is 4. The number of fused-ring (bicyclic) bond motifs is 1. The lowest BCUT2D eigenvalue weighted by atomic mass is 9.74. The Bertz CT molecular complexity index is 949. The van der Waals surface area contributed by atoms with Crippen LogP contribution in [0.15, 0.2) is 42.5 Å². The smallest absolute Gasteiger partial charge is 0.449 e. The Balaban J connectivity index is 1.53. The van der Waals surface area contributed by atoms with E-state index >= 15 is 0 Å². The highest BCUT2D eigenvalue weighted by Crippen LogP contribution is 2.45. The summed E-state index contributed by atoms with van der Waals surface area (Å²) in [5.41, 5.74) is 4.59. The van der Waals surface area contributed by atoms with Gasteiger partial charge in [-0.25, -0.2) is 4.79 Å². The van der Waals surface area contributed by atoms with Crippen molar-refractivity contribution >= 4 is 17.5 Å². The second-order valence-electron chi connectivity index (χ2n) is 9.57. The molecule has 6 heteroatoms. The maximum atomic E-state index is 10.9. The molecule has 2 aliphatic rings. The quantitative estimate of drug-likeness (QED) is 0.526. The average Bonchev–Trinajstić information content (AvgIpc) is 2.73. The van der Waals surface area contributed by atoms with Gasteiger partial charge in [-0.15, -0.1) is 0 Å². The number of carbonyl (C=O) groups is 1. The van der Waals surface area contributed by atoms with Crippen molar-refractivity contribution < 1.29 is 14.6 Å². The number of nitrogens with one attached hydrogen (secondary N) is 1. The maximum Gasteiger partial charge on any atom is 0.511 e. The molecule has 2 aromatic carbocycles. The van der Waals surface area contributed by atoms with Crippen LogP contribution in [0.4, 0.5) is 16.2 Å². The van der Waals surface area contributed by atoms with Crippen molar-refractivity contribution in [3.63, 3.8) is 0 Å². The number of nitrogens with zero attached hydrogens (tertiary/aromatic N) is 2. The number of ether oxygens (including phenoxy) is 1. The lowest BCUT2D eigenvalue weighted by Gasteiger charge is -2.40. The third-order valence-corrected chi connectivity index (χ3v) is 6.65. The Morgan fingerprint density at radius 1 is 1.13 bits per heavy atom. The Kier molecular flexibility index (Phi) is 5.84. The Morgan fingerprint density at radius 3 is 2.55 bits per heavy atom. The zero-order valence-corrected chi connectivity index (χ0v) is 18.9. The van der Waals surface area contributed by atoms with Gasteiger partial charge in [-0.3, -0.25) is 4.90 Å². The molecule has 2 heterocycles. The molecule has 2 N–H and O–H groups in total. The lowest BCUT2D eigenvalue weighted by Crippen LogP contribution is -2.48. The minimum atomic E-state index is -1.29. The number of benzene rings is 2. The van der Waals surface area contributed by atoms with Gasteiger partial charge in [-0.05, 0) is 67.1 Å². The molecule has 2 aromatic rings. The summed E-state index contributed by atoms with van der Waals surface area (Å²) in [6.45, 7) is 13.3. The van der Waals surface area contributed by atoms with Crippen molar-refractivity contribution in [3.8, 4) is 5.75 Å². The zero-order valence-electron chi connectivity index (χ0n) is 18.9. The SMILES string of the molecule is CC(C)N1CCN(c2cccc(C3CC(C)(C)c4cc(OC(=O)O)ccc4N3)c2)CC1. The Morgan fingerprint density at radius 2 is 1.87 bits per heavy atom. The highest BCUT2D eigenvalue weighted by molar-refractivity contribution is 5.65. The fraction of sp³-hybridized carbons (Fsp3) is 0.480. The van der Waals surface area contributed by atoms with Gasteiger partial charge in [0.15, 0.2) is 0 Å². The first-order chi connectivity index (χ1) is 14.7. The van der Waals surface area contributed by atoms with E-state index in [1.807, 2.05) is 12.1 Å². The molecule has 0 aliphatic carbocycles. The van der Waals surface area contributed by atoms with Crippen LogP contribution >= 0.6 is 0 Å².